The maximum absolute atomic E-state index is 11.4. The third-order valence-electron chi connectivity index (χ3n) is 3.20. The molecule has 2 aromatic heterocycles. The Hall–Kier alpha value is -2.86. The van der Waals surface area contributed by atoms with Crippen LogP contribution < -0.4 is 0 Å². The summed E-state index contributed by atoms with van der Waals surface area (Å²) in [7, 11) is 0. The molecule has 0 aliphatic heterocycles. The molecule has 0 unspecified atom stereocenters. The van der Waals surface area contributed by atoms with E-state index in [1.54, 1.807) is 28.7 Å². The SMILES string of the molecule is O=C(O)c1ccn2c(-c3ccc(Cl)cc3)nc(C(=O)O)c2c1. The summed E-state index contributed by atoms with van der Waals surface area (Å²) >= 11 is 5.84. The molecule has 0 radical (unpaired) electrons. The maximum Gasteiger partial charge on any atom is 0.356 e. The van der Waals surface area contributed by atoms with Crippen LogP contribution in [0.4, 0.5) is 0 Å². The minimum absolute atomic E-state index is 0.00226. The molecule has 0 atom stereocenters. The van der Waals surface area contributed by atoms with Crippen LogP contribution >= 0.6 is 11.6 Å². The fraction of sp³-hybridized carbons (Fsp3) is 0. The highest BCUT2D eigenvalue weighted by Crippen LogP contribution is 2.25. The van der Waals surface area contributed by atoms with Gasteiger partial charge in [-0.05, 0) is 36.4 Å². The van der Waals surface area contributed by atoms with Crippen molar-refractivity contribution in [1.29, 1.82) is 0 Å². The molecule has 0 saturated carbocycles. The summed E-state index contributed by atoms with van der Waals surface area (Å²) in [5.74, 6) is -1.95. The van der Waals surface area contributed by atoms with Gasteiger partial charge in [0.1, 0.15) is 5.82 Å². The van der Waals surface area contributed by atoms with Gasteiger partial charge < -0.3 is 10.2 Å². The number of benzene rings is 1. The van der Waals surface area contributed by atoms with E-state index in [9.17, 15) is 14.7 Å². The molecule has 0 bridgehead atoms. The predicted octanol–water partition coefficient (Wildman–Crippen LogP) is 3.05. The molecule has 0 saturated heterocycles. The Kier molecular flexibility index (Phi) is 3.30. The lowest BCUT2D eigenvalue weighted by atomic mass is 10.2. The molecule has 6 nitrogen and oxygen atoms in total. The normalized spacial score (nSPS) is 10.8. The largest absolute Gasteiger partial charge is 0.478 e. The first-order valence-electron chi connectivity index (χ1n) is 6.22. The van der Waals surface area contributed by atoms with Gasteiger partial charge in [0.05, 0.1) is 11.1 Å². The van der Waals surface area contributed by atoms with Gasteiger partial charge in [-0.1, -0.05) is 11.6 Å². The smallest absolute Gasteiger partial charge is 0.356 e. The topological polar surface area (TPSA) is 91.9 Å². The quantitative estimate of drug-likeness (QED) is 0.774. The third kappa shape index (κ3) is 2.29. The van der Waals surface area contributed by atoms with Crippen molar-refractivity contribution in [3.05, 3.63) is 58.9 Å². The number of fused-ring (bicyclic) bond motifs is 1. The second-order valence-corrected chi connectivity index (χ2v) is 5.01. The Balaban J connectivity index is 2.30. The number of aromatic carboxylic acids is 2. The lowest BCUT2D eigenvalue weighted by Crippen LogP contribution is -2.00. The van der Waals surface area contributed by atoms with Crippen LogP contribution in [0.25, 0.3) is 16.9 Å². The van der Waals surface area contributed by atoms with Crippen LogP contribution in [0, 0.1) is 0 Å². The molecule has 3 rings (SSSR count). The Morgan fingerprint density at radius 1 is 1.05 bits per heavy atom. The molecule has 7 heteroatoms. The number of imidazole rings is 1. The highest BCUT2D eigenvalue weighted by Gasteiger charge is 2.19. The molecule has 1 aromatic carbocycles. The number of hydrogen-bond acceptors (Lipinski definition) is 3. The van der Waals surface area contributed by atoms with Crippen LogP contribution in [0.2, 0.25) is 5.02 Å². The minimum atomic E-state index is -1.22. The van der Waals surface area contributed by atoms with Crippen LogP contribution in [0.1, 0.15) is 20.8 Å². The monoisotopic (exact) mass is 316 g/mol. The second-order valence-electron chi connectivity index (χ2n) is 4.57. The lowest BCUT2D eigenvalue weighted by molar-refractivity contribution is 0.0682. The molecule has 110 valence electrons. The van der Waals surface area contributed by atoms with Crippen LogP contribution in [0.15, 0.2) is 42.6 Å². The van der Waals surface area contributed by atoms with Crippen molar-refractivity contribution in [3.63, 3.8) is 0 Å². The van der Waals surface area contributed by atoms with Gasteiger partial charge in [-0.15, -0.1) is 0 Å². The molecule has 0 aliphatic carbocycles. The van der Waals surface area contributed by atoms with Gasteiger partial charge in [0.25, 0.3) is 0 Å². The molecule has 2 N–H and O–H groups in total. The van der Waals surface area contributed by atoms with E-state index in [1.807, 2.05) is 0 Å². The Morgan fingerprint density at radius 3 is 2.32 bits per heavy atom. The Bertz CT molecular complexity index is 900. The zero-order valence-corrected chi connectivity index (χ0v) is 11.8. The standard InChI is InChI=1S/C15H9ClN2O4/c16-10-3-1-8(2-4-10)13-17-12(15(21)22)11-7-9(14(19)20)5-6-18(11)13/h1-7H,(H,19,20)(H,21,22). The zero-order chi connectivity index (χ0) is 15.9. The number of carboxylic acids is 2. The summed E-state index contributed by atoms with van der Waals surface area (Å²) in [5, 5.41) is 18.9. The van der Waals surface area contributed by atoms with Crippen molar-refractivity contribution in [2.24, 2.45) is 0 Å². The van der Waals surface area contributed by atoms with Crippen LogP contribution in [-0.2, 0) is 0 Å². The fourth-order valence-electron chi connectivity index (χ4n) is 2.18. The second kappa shape index (κ2) is 5.16. The van der Waals surface area contributed by atoms with Crippen molar-refractivity contribution in [2.45, 2.75) is 0 Å². The van der Waals surface area contributed by atoms with E-state index in [2.05, 4.69) is 4.98 Å². The highest BCUT2D eigenvalue weighted by molar-refractivity contribution is 6.30. The fourth-order valence-corrected chi connectivity index (χ4v) is 2.30. The van der Waals surface area contributed by atoms with E-state index >= 15 is 0 Å². The van der Waals surface area contributed by atoms with E-state index in [0.717, 1.165) is 0 Å². The first-order chi connectivity index (χ1) is 10.5. The first kappa shape index (κ1) is 14.1. The van der Waals surface area contributed by atoms with Crippen LogP contribution in [-0.4, -0.2) is 31.5 Å². The molecular weight excluding hydrogens is 308 g/mol. The summed E-state index contributed by atoms with van der Waals surface area (Å²) in [6, 6.07) is 9.45. The van der Waals surface area contributed by atoms with E-state index < -0.39 is 11.9 Å². The van der Waals surface area contributed by atoms with Crippen molar-refractivity contribution in [1.82, 2.24) is 9.38 Å². The van der Waals surface area contributed by atoms with Gasteiger partial charge in [-0.3, -0.25) is 4.40 Å². The van der Waals surface area contributed by atoms with Gasteiger partial charge in [-0.2, -0.15) is 0 Å². The zero-order valence-electron chi connectivity index (χ0n) is 11.0. The Labute approximate surface area is 129 Å². The van der Waals surface area contributed by atoms with Crippen LogP contribution in [0.3, 0.4) is 0 Å². The van der Waals surface area contributed by atoms with Gasteiger partial charge >= 0.3 is 11.9 Å². The van der Waals surface area contributed by atoms with Crippen molar-refractivity contribution >= 4 is 29.1 Å². The molecule has 2 heterocycles. The maximum atomic E-state index is 11.4. The number of hydrogen-bond donors (Lipinski definition) is 2. The number of halogens is 1. The van der Waals surface area contributed by atoms with Crippen molar-refractivity contribution < 1.29 is 19.8 Å². The number of carboxylic acid groups (broad SMARTS) is 2. The predicted molar refractivity (Wildman–Crippen MR) is 79.6 cm³/mol. The van der Waals surface area contributed by atoms with Crippen LogP contribution in [0.5, 0.6) is 0 Å². The van der Waals surface area contributed by atoms with Gasteiger partial charge in [0.15, 0.2) is 5.69 Å². The molecule has 0 aliphatic rings. The van der Waals surface area contributed by atoms with Crippen molar-refractivity contribution in [3.8, 4) is 11.4 Å². The first-order valence-corrected chi connectivity index (χ1v) is 6.60. The number of carbonyl (C=O) groups is 2. The van der Waals surface area contributed by atoms with E-state index in [-0.39, 0.29) is 16.8 Å². The average Bonchev–Trinajstić information content (AvgIpc) is 2.87. The van der Waals surface area contributed by atoms with Gasteiger partial charge in [0.2, 0.25) is 0 Å². The van der Waals surface area contributed by atoms with E-state index in [1.165, 1.54) is 18.3 Å². The molecular formula is C15H9ClN2O4. The van der Waals surface area contributed by atoms with E-state index in [4.69, 9.17) is 16.7 Å². The average molecular weight is 317 g/mol. The van der Waals surface area contributed by atoms with Gasteiger partial charge in [0, 0.05) is 16.8 Å². The number of aromatic nitrogens is 2. The molecule has 0 fully saturated rings. The number of pyridine rings is 1. The molecule has 0 spiro atoms. The summed E-state index contributed by atoms with van der Waals surface area (Å²) in [4.78, 5) is 26.5. The Morgan fingerprint density at radius 2 is 1.73 bits per heavy atom. The summed E-state index contributed by atoms with van der Waals surface area (Å²) in [6.45, 7) is 0. The van der Waals surface area contributed by atoms with Gasteiger partial charge in [-0.25, -0.2) is 14.6 Å². The number of rotatable bonds is 3. The highest BCUT2D eigenvalue weighted by atomic mass is 35.5. The van der Waals surface area contributed by atoms with Crippen molar-refractivity contribution in [2.75, 3.05) is 0 Å². The molecule has 22 heavy (non-hydrogen) atoms. The summed E-state index contributed by atoms with van der Waals surface area (Å²) in [5.41, 5.74) is 0.693. The lowest BCUT2D eigenvalue weighted by Gasteiger charge is -2.02. The van der Waals surface area contributed by atoms with E-state index in [0.29, 0.717) is 16.4 Å². The molecule has 3 aromatic rings. The summed E-state index contributed by atoms with van der Waals surface area (Å²) in [6.07, 6.45) is 1.49. The molecule has 0 amide bonds. The summed E-state index contributed by atoms with van der Waals surface area (Å²) < 4.78 is 1.54. The minimum Gasteiger partial charge on any atom is -0.478 e. The third-order valence-corrected chi connectivity index (χ3v) is 3.45. The number of nitrogens with zero attached hydrogens (tertiary/aromatic N) is 2.